The molecule has 0 aromatic carbocycles. The molecule has 0 unspecified atom stereocenters. The maximum absolute atomic E-state index is 5.55. The third kappa shape index (κ3) is 1.45. The number of rotatable bonds is 2. The van der Waals surface area contributed by atoms with Crippen LogP contribution in [0.2, 0.25) is 0 Å². The SMILES string of the molecule is Nc1n[nH]c(=S)n1Cc1cocn1. The van der Waals surface area contributed by atoms with Crippen LogP contribution in [-0.2, 0) is 6.54 Å². The number of anilines is 1. The number of nitrogen functional groups attached to an aromatic ring is 1. The summed E-state index contributed by atoms with van der Waals surface area (Å²) >= 11 is 4.95. The summed E-state index contributed by atoms with van der Waals surface area (Å²) in [7, 11) is 0. The molecule has 0 fully saturated rings. The molecule has 13 heavy (non-hydrogen) atoms. The number of oxazole rings is 1. The summed E-state index contributed by atoms with van der Waals surface area (Å²) in [6.45, 7) is 0.470. The molecule has 2 aromatic rings. The second-order valence-corrected chi connectivity index (χ2v) is 2.84. The van der Waals surface area contributed by atoms with Crippen LogP contribution in [0.4, 0.5) is 5.95 Å². The van der Waals surface area contributed by atoms with Crippen molar-refractivity contribution < 1.29 is 4.42 Å². The number of nitrogens with zero attached hydrogens (tertiary/aromatic N) is 3. The first-order valence-corrected chi connectivity index (χ1v) is 3.96. The fourth-order valence-corrected chi connectivity index (χ4v) is 1.16. The van der Waals surface area contributed by atoms with E-state index in [9.17, 15) is 0 Å². The van der Waals surface area contributed by atoms with Gasteiger partial charge in [0.15, 0.2) is 11.2 Å². The van der Waals surface area contributed by atoms with Crippen molar-refractivity contribution in [2.45, 2.75) is 6.54 Å². The van der Waals surface area contributed by atoms with Gasteiger partial charge in [0.05, 0.1) is 12.2 Å². The summed E-state index contributed by atoms with van der Waals surface area (Å²) < 4.78 is 6.92. The molecular weight excluding hydrogens is 190 g/mol. The van der Waals surface area contributed by atoms with Crippen molar-refractivity contribution in [3.63, 3.8) is 0 Å². The highest BCUT2D eigenvalue weighted by Gasteiger charge is 2.03. The zero-order chi connectivity index (χ0) is 9.26. The van der Waals surface area contributed by atoms with Crippen molar-refractivity contribution in [1.29, 1.82) is 0 Å². The molecule has 0 atom stereocenters. The Morgan fingerprint density at radius 2 is 2.54 bits per heavy atom. The van der Waals surface area contributed by atoms with E-state index in [4.69, 9.17) is 22.4 Å². The summed E-state index contributed by atoms with van der Waals surface area (Å²) in [5, 5.41) is 6.34. The quantitative estimate of drug-likeness (QED) is 0.687. The van der Waals surface area contributed by atoms with E-state index < -0.39 is 0 Å². The summed E-state index contributed by atoms with van der Waals surface area (Å²) in [6.07, 6.45) is 2.89. The number of aromatic nitrogens is 4. The topological polar surface area (TPSA) is 85.7 Å². The molecule has 6 nitrogen and oxygen atoms in total. The standard InChI is InChI=1S/C6H7N5OS/c7-5-9-10-6(13)11(5)1-4-2-12-3-8-4/h2-3H,1H2,(H2,7,9)(H,10,13). The highest BCUT2D eigenvalue weighted by molar-refractivity contribution is 7.71. The van der Waals surface area contributed by atoms with Crippen molar-refractivity contribution in [1.82, 2.24) is 19.7 Å². The molecule has 2 rings (SSSR count). The van der Waals surface area contributed by atoms with Gasteiger partial charge in [-0.25, -0.2) is 10.1 Å². The summed E-state index contributed by atoms with van der Waals surface area (Å²) in [5.74, 6) is 0.341. The normalized spacial score (nSPS) is 10.5. The third-order valence-electron chi connectivity index (χ3n) is 1.59. The van der Waals surface area contributed by atoms with Gasteiger partial charge in [-0.15, -0.1) is 5.10 Å². The van der Waals surface area contributed by atoms with Crippen molar-refractivity contribution in [2.75, 3.05) is 5.73 Å². The Labute approximate surface area is 78.4 Å². The van der Waals surface area contributed by atoms with E-state index in [1.54, 1.807) is 4.57 Å². The van der Waals surface area contributed by atoms with Crippen molar-refractivity contribution in [3.05, 3.63) is 23.1 Å². The molecule has 0 amide bonds. The molecule has 0 spiro atoms. The van der Waals surface area contributed by atoms with Gasteiger partial charge in [0.1, 0.15) is 6.26 Å². The molecule has 0 aliphatic heterocycles. The Balaban J connectivity index is 2.33. The zero-order valence-corrected chi connectivity index (χ0v) is 7.41. The second kappa shape index (κ2) is 3.02. The number of nitrogens with one attached hydrogen (secondary N) is 1. The minimum atomic E-state index is 0.341. The minimum Gasteiger partial charge on any atom is -0.451 e. The van der Waals surface area contributed by atoms with E-state index in [2.05, 4.69) is 15.2 Å². The summed E-state index contributed by atoms with van der Waals surface area (Å²) in [4.78, 5) is 3.94. The molecule has 68 valence electrons. The van der Waals surface area contributed by atoms with E-state index in [0.29, 0.717) is 17.3 Å². The molecule has 7 heteroatoms. The number of H-pyrrole nitrogens is 1. The van der Waals surface area contributed by atoms with Crippen molar-refractivity contribution in [3.8, 4) is 0 Å². The molecule has 0 radical (unpaired) electrons. The highest BCUT2D eigenvalue weighted by Crippen LogP contribution is 2.04. The average molecular weight is 197 g/mol. The Bertz CT molecular complexity index is 442. The molecule has 2 heterocycles. The van der Waals surface area contributed by atoms with E-state index in [1.807, 2.05) is 0 Å². The van der Waals surface area contributed by atoms with Crippen LogP contribution in [0, 0.1) is 4.77 Å². The first-order chi connectivity index (χ1) is 6.27. The van der Waals surface area contributed by atoms with E-state index in [1.165, 1.54) is 12.7 Å². The third-order valence-corrected chi connectivity index (χ3v) is 1.90. The van der Waals surface area contributed by atoms with Crippen LogP contribution < -0.4 is 5.73 Å². The Hall–Kier alpha value is -1.63. The molecule has 0 bridgehead atoms. The summed E-state index contributed by atoms with van der Waals surface area (Å²) in [5.41, 5.74) is 6.31. The van der Waals surface area contributed by atoms with Crippen LogP contribution in [0.5, 0.6) is 0 Å². The fourth-order valence-electron chi connectivity index (χ4n) is 0.960. The number of hydrogen-bond donors (Lipinski definition) is 2. The predicted molar refractivity (Wildman–Crippen MR) is 47.4 cm³/mol. The van der Waals surface area contributed by atoms with Gasteiger partial charge < -0.3 is 10.2 Å². The van der Waals surface area contributed by atoms with Crippen LogP contribution in [0.1, 0.15) is 5.69 Å². The maximum atomic E-state index is 5.55. The Morgan fingerprint density at radius 3 is 3.08 bits per heavy atom. The fraction of sp³-hybridized carbons (Fsp3) is 0.167. The van der Waals surface area contributed by atoms with E-state index >= 15 is 0 Å². The van der Waals surface area contributed by atoms with Gasteiger partial charge in [0.2, 0.25) is 5.95 Å². The monoisotopic (exact) mass is 197 g/mol. The zero-order valence-electron chi connectivity index (χ0n) is 6.60. The first kappa shape index (κ1) is 7.99. The van der Waals surface area contributed by atoms with Gasteiger partial charge in [-0.05, 0) is 12.2 Å². The number of hydrogen-bond acceptors (Lipinski definition) is 5. The lowest BCUT2D eigenvalue weighted by Crippen LogP contribution is -2.04. The first-order valence-electron chi connectivity index (χ1n) is 3.55. The largest absolute Gasteiger partial charge is 0.451 e. The van der Waals surface area contributed by atoms with Crippen molar-refractivity contribution in [2.24, 2.45) is 0 Å². The minimum absolute atomic E-state index is 0.341. The smallest absolute Gasteiger partial charge is 0.220 e. The lowest BCUT2D eigenvalue weighted by atomic mass is 10.5. The van der Waals surface area contributed by atoms with Crippen LogP contribution >= 0.6 is 12.2 Å². The van der Waals surface area contributed by atoms with Gasteiger partial charge >= 0.3 is 0 Å². The Morgan fingerprint density at radius 1 is 1.69 bits per heavy atom. The molecule has 2 aromatic heterocycles. The lowest BCUT2D eigenvalue weighted by Gasteiger charge is -1.98. The molecule has 0 aliphatic rings. The van der Waals surface area contributed by atoms with Crippen LogP contribution in [0.25, 0.3) is 0 Å². The Kier molecular flexibility index (Phi) is 1.85. The lowest BCUT2D eigenvalue weighted by molar-refractivity contribution is 0.555. The molecule has 0 saturated heterocycles. The van der Waals surface area contributed by atoms with Gasteiger partial charge in [-0.2, -0.15) is 0 Å². The van der Waals surface area contributed by atoms with Crippen LogP contribution in [0.15, 0.2) is 17.1 Å². The van der Waals surface area contributed by atoms with Gasteiger partial charge in [0.25, 0.3) is 0 Å². The second-order valence-electron chi connectivity index (χ2n) is 2.45. The van der Waals surface area contributed by atoms with Gasteiger partial charge in [-0.3, -0.25) is 4.57 Å². The number of aromatic amines is 1. The van der Waals surface area contributed by atoms with Crippen LogP contribution in [-0.4, -0.2) is 19.7 Å². The average Bonchev–Trinajstić information content (AvgIpc) is 2.70. The highest BCUT2D eigenvalue weighted by atomic mass is 32.1. The maximum Gasteiger partial charge on any atom is 0.220 e. The summed E-state index contributed by atoms with van der Waals surface area (Å²) in [6, 6.07) is 0. The van der Waals surface area contributed by atoms with E-state index in [-0.39, 0.29) is 0 Å². The molecular formula is C6H7N5OS. The van der Waals surface area contributed by atoms with Crippen LogP contribution in [0.3, 0.4) is 0 Å². The van der Waals surface area contributed by atoms with Crippen molar-refractivity contribution >= 4 is 18.2 Å². The number of nitrogens with two attached hydrogens (primary N) is 1. The molecule has 0 aliphatic carbocycles. The molecule has 3 N–H and O–H groups in total. The molecule has 0 saturated carbocycles. The van der Waals surface area contributed by atoms with E-state index in [0.717, 1.165) is 5.69 Å². The van der Waals surface area contributed by atoms with Gasteiger partial charge in [-0.1, -0.05) is 0 Å². The van der Waals surface area contributed by atoms with Gasteiger partial charge in [0, 0.05) is 0 Å². The predicted octanol–water partition coefficient (Wildman–Crippen LogP) is 0.559.